The van der Waals surface area contributed by atoms with E-state index in [9.17, 15) is 0 Å². The zero-order chi connectivity index (χ0) is 12.9. The summed E-state index contributed by atoms with van der Waals surface area (Å²) in [4.78, 5) is 0. The fourth-order valence-corrected chi connectivity index (χ4v) is 2.39. The summed E-state index contributed by atoms with van der Waals surface area (Å²) < 4.78 is 0. The Bertz CT molecular complexity index is 415. The molecule has 92 valence electrons. The molecule has 0 heterocycles. The number of rotatable bonds is 3. The van der Waals surface area contributed by atoms with Crippen LogP contribution in [0.5, 0.6) is 0 Å². The van der Waals surface area contributed by atoms with Crippen molar-refractivity contribution in [1.82, 2.24) is 0 Å². The van der Waals surface area contributed by atoms with E-state index in [-0.39, 0.29) is 0 Å². The van der Waals surface area contributed by atoms with Crippen molar-refractivity contribution >= 4 is 8.07 Å². The van der Waals surface area contributed by atoms with Crippen molar-refractivity contribution in [3.63, 3.8) is 0 Å². The van der Waals surface area contributed by atoms with E-state index in [1.54, 1.807) is 0 Å². The lowest BCUT2D eigenvalue weighted by atomic mass is 9.92. The van der Waals surface area contributed by atoms with Crippen molar-refractivity contribution in [3.05, 3.63) is 35.4 Å². The van der Waals surface area contributed by atoms with Gasteiger partial charge >= 0.3 is 0 Å². The molecule has 0 aliphatic rings. The average Bonchev–Trinajstić information content (AvgIpc) is 2.26. The van der Waals surface area contributed by atoms with E-state index in [0.717, 1.165) is 0 Å². The third-order valence-electron chi connectivity index (χ3n) is 2.79. The minimum absolute atomic E-state index is 0.618. The molecule has 0 bridgehead atoms. The summed E-state index contributed by atoms with van der Waals surface area (Å²) in [5, 5.41) is 0. The van der Waals surface area contributed by atoms with Gasteiger partial charge in [-0.25, -0.2) is 0 Å². The lowest BCUT2D eigenvalue weighted by Gasteiger charge is -2.13. The summed E-state index contributed by atoms with van der Waals surface area (Å²) in [5.74, 6) is 4.02. The van der Waals surface area contributed by atoms with Crippen molar-refractivity contribution in [2.24, 2.45) is 0 Å². The maximum atomic E-state index is 3.46. The average molecular weight is 244 g/mol. The largest absolute Gasteiger partial charge is 0.129 e. The van der Waals surface area contributed by atoms with Gasteiger partial charge in [0.05, 0.1) is 0 Å². The van der Waals surface area contributed by atoms with Gasteiger partial charge in [-0.3, -0.25) is 0 Å². The Balaban J connectivity index is 3.03. The van der Waals surface area contributed by atoms with Crippen LogP contribution in [0.3, 0.4) is 0 Å². The monoisotopic (exact) mass is 244 g/mol. The predicted octanol–water partition coefficient (Wildman–Crippen LogP) is 4.82. The van der Waals surface area contributed by atoms with Crippen LogP contribution >= 0.6 is 0 Å². The molecular formula is C16H24Si. The molecule has 1 unspecified atom stereocenters. The van der Waals surface area contributed by atoms with Crippen molar-refractivity contribution in [3.8, 4) is 11.5 Å². The van der Waals surface area contributed by atoms with E-state index in [0.29, 0.717) is 5.92 Å². The van der Waals surface area contributed by atoms with Gasteiger partial charge in [0.15, 0.2) is 0 Å². The standard InChI is InChI=1S/C16H24Si/c1-6-9-14(2)16-11-8-7-10-15(16)12-13-17(3,4)5/h7-8,10-11,14H,6,9H2,1-5H3. The first kappa shape index (κ1) is 14.1. The summed E-state index contributed by atoms with van der Waals surface area (Å²) in [7, 11) is -1.28. The summed E-state index contributed by atoms with van der Waals surface area (Å²) in [6.07, 6.45) is 2.47. The van der Waals surface area contributed by atoms with Crippen molar-refractivity contribution in [2.45, 2.75) is 52.2 Å². The van der Waals surface area contributed by atoms with Crippen LogP contribution in [0.1, 0.15) is 43.7 Å². The van der Waals surface area contributed by atoms with E-state index >= 15 is 0 Å². The molecule has 0 aliphatic carbocycles. The number of hydrogen-bond donors (Lipinski definition) is 0. The van der Waals surface area contributed by atoms with Gasteiger partial charge in [-0.2, -0.15) is 0 Å². The van der Waals surface area contributed by atoms with Crippen molar-refractivity contribution in [2.75, 3.05) is 0 Å². The lowest BCUT2D eigenvalue weighted by molar-refractivity contribution is 0.664. The molecule has 1 heteroatoms. The Morgan fingerprint density at radius 2 is 1.82 bits per heavy atom. The molecule has 0 saturated carbocycles. The maximum Gasteiger partial charge on any atom is 0.129 e. The Hall–Kier alpha value is -1.00. The van der Waals surface area contributed by atoms with Gasteiger partial charge in [-0.1, -0.05) is 64.0 Å². The van der Waals surface area contributed by atoms with Gasteiger partial charge in [0, 0.05) is 5.56 Å². The van der Waals surface area contributed by atoms with Gasteiger partial charge in [0.25, 0.3) is 0 Å². The van der Waals surface area contributed by atoms with Gasteiger partial charge < -0.3 is 0 Å². The molecule has 0 spiro atoms. The van der Waals surface area contributed by atoms with Gasteiger partial charge in [0.2, 0.25) is 0 Å². The molecule has 1 atom stereocenters. The summed E-state index contributed by atoms with van der Waals surface area (Å²) in [6, 6.07) is 8.61. The first-order valence-electron chi connectivity index (χ1n) is 6.56. The molecule has 1 aromatic rings. The van der Waals surface area contributed by atoms with E-state index < -0.39 is 8.07 Å². The van der Waals surface area contributed by atoms with Gasteiger partial charge in [-0.05, 0) is 24.0 Å². The van der Waals surface area contributed by atoms with Crippen LogP contribution in [-0.2, 0) is 0 Å². The molecule has 0 aliphatic heterocycles. The summed E-state index contributed by atoms with van der Waals surface area (Å²) >= 11 is 0. The SMILES string of the molecule is CCCC(C)c1ccccc1C#C[Si](C)(C)C. The molecule has 0 amide bonds. The lowest BCUT2D eigenvalue weighted by Crippen LogP contribution is -2.16. The Labute approximate surface area is 107 Å². The van der Waals surface area contributed by atoms with Crippen LogP contribution in [0.2, 0.25) is 19.6 Å². The highest BCUT2D eigenvalue weighted by Crippen LogP contribution is 2.23. The van der Waals surface area contributed by atoms with Gasteiger partial charge in [0.1, 0.15) is 8.07 Å². The summed E-state index contributed by atoms with van der Waals surface area (Å²) in [5.41, 5.74) is 6.11. The zero-order valence-electron chi connectivity index (χ0n) is 11.8. The van der Waals surface area contributed by atoms with E-state index in [2.05, 4.69) is 69.2 Å². The normalized spacial score (nSPS) is 12.8. The molecular weight excluding hydrogens is 220 g/mol. The van der Waals surface area contributed by atoms with Crippen LogP contribution in [0.25, 0.3) is 0 Å². The topological polar surface area (TPSA) is 0 Å². The Kier molecular flexibility index (Phi) is 5.02. The molecule has 0 nitrogen and oxygen atoms in total. The third kappa shape index (κ3) is 4.79. The van der Waals surface area contributed by atoms with Crippen LogP contribution in [-0.4, -0.2) is 8.07 Å². The second-order valence-corrected chi connectivity index (χ2v) is 10.5. The van der Waals surface area contributed by atoms with Gasteiger partial charge in [-0.15, -0.1) is 5.54 Å². The molecule has 0 aromatic heterocycles. The fraction of sp³-hybridized carbons (Fsp3) is 0.500. The molecule has 1 rings (SSSR count). The first-order chi connectivity index (χ1) is 7.94. The fourth-order valence-electron chi connectivity index (χ4n) is 1.88. The predicted molar refractivity (Wildman–Crippen MR) is 80.0 cm³/mol. The molecule has 0 N–H and O–H groups in total. The summed E-state index contributed by atoms with van der Waals surface area (Å²) in [6.45, 7) is 11.4. The van der Waals surface area contributed by atoms with Crippen molar-refractivity contribution < 1.29 is 0 Å². The highest BCUT2D eigenvalue weighted by atomic mass is 28.3. The second-order valence-electron chi connectivity index (χ2n) is 5.78. The van der Waals surface area contributed by atoms with Crippen LogP contribution in [0.15, 0.2) is 24.3 Å². The molecule has 0 saturated heterocycles. The third-order valence-corrected chi connectivity index (χ3v) is 3.66. The van der Waals surface area contributed by atoms with E-state index in [1.165, 1.54) is 24.0 Å². The minimum atomic E-state index is -1.28. The van der Waals surface area contributed by atoms with E-state index in [4.69, 9.17) is 0 Å². The first-order valence-corrected chi connectivity index (χ1v) is 10.1. The maximum absolute atomic E-state index is 3.46. The Morgan fingerprint density at radius 1 is 1.18 bits per heavy atom. The van der Waals surface area contributed by atoms with Crippen LogP contribution < -0.4 is 0 Å². The Morgan fingerprint density at radius 3 is 2.41 bits per heavy atom. The highest BCUT2D eigenvalue weighted by Gasteiger charge is 2.10. The smallest absolute Gasteiger partial charge is 0.127 e. The molecule has 0 radical (unpaired) electrons. The van der Waals surface area contributed by atoms with Crippen LogP contribution in [0.4, 0.5) is 0 Å². The zero-order valence-corrected chi connectivity index (χ0v) is 12.8. The van der Waals surface area contributed by atoms with E-state index in [1.807, 2.05) is 0 Å². The minimum Gasteiger partial charge on any atom is -0.127 e. The molecule has 0 fully saturated rings. The molecule has 1 aromatic carbocycles. The van der Waals surface area contributed by atoms with Crippen LogP contribution in [0, 0.1) is 11.5 Å². The van der Waals surface area contributed by atoms with Crippen molar-refractivity contribution in [1.29, 1.82) is 0 Å². The number of hydrogen-bond acceptors (Lipinski definition) is 0. The highest BCUT2D eigenvalue weighted by molar-refractivity contribution is 6.83. The molecule has 17 heavy (non-hydrogen) atoms. The number of benzene rings is 1. The quantitative estimate of drug-likeness (QED) is 0.528. The second kappa shape index (κ2) is 6.07.